The van der Waals surface area contributed by atoms with Crippen molar-refractivity contribution in [1.82, 2.24) is 15.3 Å². The number of nitrogens with zero attached hydrogens (tertiary/aromatic N) is 4. The second kappa shape index (κ2) is 6.04. The van der Waals surface area contributed by atoms with Crippen LogP contribution in [0.4, 0.5) is 5.82 Å². The highest BCUT2D eigenvalue weighted by atomic mass is 32.2. The molecule has 19 heavy (non-hydrogen) atoms. The van der Waals surface area contributed by atoms with Crippen molar-refractivity contribution in [3.8, 4) is 11.8 Å². The van der Waals surface area contributed by atoms with Crippen LogP contribution in [0.25, 0.3) is 5.69 Å². The molecule has 0 saturated carbocycles. The van der Waals surface area contributed by atoms with Crippen LogP contribution in [0.2, 0.25) is 0 Å². The molecular formula is C12H11N5OS. The van der Waals surface area contributed by atoms with Crippen molar-refractivity contribution >= 4 is 23.9 Å². The van der Waals surface area contributed by atoms with Gasteiger partial charge in [0.05, 0.1) is 5.69 Å². The van der Waals surface area contributed by atoms with Gasteiger partial charge in [0.1, 0.15) is 23.0 Å². The van der Waals surface area contributed by atoms with Gasteiger partial charge in [-0.3, -0.25) is 10.7 Å². The van der Waals surface area contributed by atoms with Crippen molar-refractivity contribution in [2.75, 3.05) is 6.26 Å². The summed E-state index contributed by atoms with van der Waals surface area (Å²) in [6.07, 6.45) is 2.94. The maximum Gasteiger partial charge on any atom is 0.176 e. The number of hydroxylamine groups is 1. The molecule has 1 aromatic carbocycles. The third kappa shape index (κ3) is 2.59. The van der Waals surface area contributed by atoms with Gasteiger partial charge in [-0.1, -0.05) is 18.2 Å². The molecular weight excluding hydrogens is 262 g/mol. The average molecular weight is 273 g/mol. The third-order valence-electron chi connectivity index (χ3n) is 2.38. The molecule has 2 aromatic rings. The van der Waals surface area contributed by atoms with E-state index in [0.29, 0.717) is 16.4 Å². The summed E-state index contributed by atoms with van der Waals surface area (Å²) in [5.41, 5.74) is 3.00. The molecule has 0 saturated heterocycles. The largest absolute Gasteiger partial charge is 0.290 e. The number of benzene rings is 1. The summed E-state index contributed by atoms with van der Waals surface area (Å²) in [4.78, 5) is 4.02. The fourth-order valence-corrected chi connectivity index (χ4v) is 2.09. The Kier molecular flexibility index (Phi) is 4.18. The van der Waals surface area contributed by atoms with E-state index in [1.165, 1.54) is 11.8 Å². The van der Waals surface area contributed by atoms with Crippen molar-refractivity contribution in [3.05, 3.63) is 35.9 Å². The Morgan fingerprint density at radius 3 is 2.79 bits per heavy atom. The van der Waals surface area contributed by atoms with Crippen molar-refractivity contribution in [1.29, 1.82) is 5.26 Å². The van der Waals surface area contributed by atoms with Gasteiger partial charge in [0.15, 0.2) is 5.82 Å². The Morgan fingerprint density at radius 1 is 1.47 bits per heavy atom. The van der Waals surface area contributed by atoms with Gasteiger partial charge in [0, 0.05) is 0 Å². The van der Waals surface area contributed by atoms with Crippen LogP contribution in [0, 0.1) is 11.3 Å². The van der Waals surface area contributed by atoms with E-state index >= 15 is 0 Å². The highest BCUT2D eigenvalue weighted by Gasteiger charge is 2.17. The predicted molar refractivity (Wildman–Crippen MR) is 73.1 cm³/mol. The summed E-state index contributed by atoms with van der Waals surface area (Å²) >= 11 is 1.37. The van der Waals surface area contributed by atoms with Gasteiger partial charge in [-0.05, 0) is 18.4 Å². The number of thioether (sulfide) groups is 1. The number of hydrogen-bond donors (Lipinski definition) is 2. The number of aromatic nitrogens is 2. The number of para-hydroxylation sites is 1. The van der Waals surface area contributed by atoms with Gasteiger partial charge in [-0.25, -0.2) is 9.67 Å². The zero-order valence-corrected chi connectivity index (χ0v) is 10.9. The summed E-state index contributed by atoms with van der Waals surface area (Å²) in [7, 11) is 0. The highest BCUT2D eigenvalue weighted by Crippen LogP contribution is 2.30. The molecule has 0 atom stereocenters. The molecule has 0 spiro atoms. The first-order chi connectivity index (χ1) is 9.31. The van der Waals surface area contributed by atoms with Crippen molar-refractivity contribution in [3.63, 3.8) is 0 Å². The normalized spacial score (nSPS) is 10.6. The van der Waals surface area contributed by atoms with Crippen LogP contribution in [-0.2, 0) is 0 Å². The summed E-state index contributed by atoms with van der Waals surface area (Å²) in [6, 6.07) is 11.5. The minimum Gasteiger partial charge on any atom is -0.290 e. The fraction of sp³-hybridized carbons (Fsp3) is 0.0833. The SMILES string of the molecule is CSc1nn(-c2ccccc2)c(/N=C/NO)c1C#N. The first-order valence-corrected chi connectivity index (χ1v) is 6.59. The number of aliphatic imine (C=N–C) groups is 1. The minimum absolute atomic E-state index is 0.375. The number of nitrogens with one attached hydrogen (secondary N) is 1. The van der Waals surface area contributed by atoms with E-state index in [2.05, 4.69) is 16.2 Å². The van der Waals surface area contributed by atoms with E-state index in [9.17, 15) is 5.26 Å². The van der Waals surface area contributed by atoms with E-state index in [1.54, 1.807) is 4.68 Å². The van der Waals surface area contributed by atoms with E-state index in [-0.39, 0.29) is 0 Å². The lowest BCUT2D eigenvalue weighted by atomic mass is 10.3. The summed E-state index contributed by atoms with van der Waals surface area (Å²) in [5, 5.41) is 22.8. The molecule has 0 amide bonds. The van der Waals surface area contributed by atoms with Crippen molar-refractivity contribution in [2.24, 2.45) is 4.99 Å². The molecule has 0 radical (unpaired) electrons. The molecule has 1 heterocycles. The second-order valence-electron chi connectivity index (χ2n) is 3.45. The molecule has 2 N–H and O–H groups in total. The fourth-order valence-electron chi connectivity index (χ4n) is 1.59. The Labute approximate surface area is 114 Å². The molecule has 0 aliphatic rings. The zero-order chi connectivity index (χ0) is 13.7. The van der Waals surface area contributed by atoms with Gasteiger partial charge in [-0.2, -0.15) is 10.4 Å². The smallest absolute Gasteiger partial charge is 0.176 e. The lowest BCUT2D eigenvalue weighted by Crippen LogP contribution is -2.02. The molecule has 0 fully saturated rings. The number of hydrogen-bond acceptors (Lipinski definition) is 5. The summed E-state index contributed by atoms with van der Waals surface area (Å²) in [5.74, 6) is 0.375. The van der Waals surface area contributed by atoms with Gasteiger partial charge < -0.3 is 0 Å². The molecule has 6 nitrogen and oxygen atoms in total. The van der Waals surface area contributed by atoms with E-state index < -0.39 is 0 Å². The molecule has 7 heteroatoms. The molecule has 1 aromatic heterocycles. The van der Waals surface area contributed by atoms with Gasteiger partial charge in [0.25, 0.3) is 0 Å². The van der Waals surface area contributed by atoms with Crippen LogP contribution in [0.15, 0.2) is 40.4 Å². The Bertz CT molecular complexity index is 630. The maximum absolute atomic E-state index is 9.22. The molecule has 0 aliphatic carbocycles. The zero-order valence-electron chi connectivity index (χ0n) is 10.1. The van der Waals surface area contributed by atoms with Crippen molar-refractivity contribution in [2.45, 2.75) is 5.03 Å². The second-order valence-corrected chi connectivity index (χ2v) is 4.25. The van der Waals surface area contributed by atoms with Crippen LogP contribution < -0.4 is 5.48 Å². The molecule has 0 bridgehead atoms. The number of nitriles is 1. The summed E-state index contributed by atoms with van der Waals surface area (Å²) in [6.45, 7) is 0. The van der Waals surface area contributed by atoms with Crippen molar-refractivity contribution < 1.29 is 5.21 Å². The van der Waals surface area contributed by atoms with Crippen LogP contribution >= 0.6 is 11.8 Å². The van der Waals surface area contributed by atoms with Crippen LogP contribution in [0.1, 0.15) is 5.56 Å². The minimum atomic E-state index is 0.375. The molecule has 2 rings (SSSR count). The van der Waals surface area contributed by atoms with E-state index in [1.807, 2.05) is 42.1 Å². The highest BCUT2D eigenvalue weighted by molar-refractivity contribution is 7.98. The molecule has 96 valence electrons. The standard InChI is InChI=1S/C12H11N5OS/c1-19-12-10(7-13)11(14-8-15-18)17(16-12)9-5-3-2-4-6-9/h2-6,8,18H,1H3,(H,14,15). The predicted octanol–water partition coefficient (Wildman–Crippen LogP) is 2.10. The first-order valence-electron chi connectivity index (χ1n) is 5.36. The Morgan fingerprint density at radius 2 is 2.21 bits per heavy atom. The van der Waals surface area contributed by atoms with Crippen LogP contribution in [0.5, 0.6) is 0 Å². The molecule has 0 unspecified atom stereocenters. The van der Waals surface area contributed by atoms with Crippen LogP contribution in [-0.4, -0.2) is 27.6 Å². The lowest BCUT2D eigenvalue weighted by molar-refractivity contribution is 0.240. The lowest BCUT2D eigenvalue weighted by Gasteiger charge is -2.02. The Hall–Kier alpha value is -2.30. The third-order valence-corrected chi connectivity index (χ3v) is 3.05. The quantitative estimate of drug-likeness (QED) is 0.385. The number of rotatable bonds is 4. The van der Waals surface area contributed by atoms with Crippen LogP contribution in [0.3, 0.4) is 0 Å². The molecule has 0 aliphatic heterocycles. The maximum atomic E-state index is 9.22. The van der Waals surface area contributed by atoms with Gasteiger partial charge in [0.2, 0.25) is 0 Å². The van der Waals surface area contributed by atoms with E-state index in [4.69, 9.17) is 5.21 Å². The first kappa shape index (κ1) is 13.1. The van der Waals surface area contributed by atoms with E-state index in [0.717, 1.165) is 12.0 Å². The van der Waals surface area contributed by atoms with Gasteiger partial charge in [-0.15, -0.1) is 11.8 Å². The Balaban J connectivity index is 2.63. The monoisotopic (exact) mass is 273 g/mol. The summed E-state index contributed by atoms with van der Waals surface area (Å²) < 4.78 is 1.57. The van der Waals surface area contributed by atoms with Gasteiger partial charge >= 0.3 is 0 Å². The average Bonchev–Trinajstić information content (AvgIpc) is 2.83. The topological polar surface area (TPSA) is 86.2 Å².